The molecule has 1 heterocycles. The number of carboxylic acid groups (broad SMARTS) is 1. The molecule has 7 nitrogen and oxygen atoms in total. The summed E-state index contributed by atoms with van der Waals surface area (Å²) in [6, 6.07) is 16.6. The predicted octanol–water partition coefficient (Wildman–Crippen LogP) is 3.40. The van der Waals surface area contributed by atoms with Crippen LogP contribution in [0.3, 0.4) is 0 Å². The Labute approximate surface area is 195 Å². The van der Waals surface area contributed by atoms with Crippen LogP contribution in [0.5, 0.6) is 5.75 Å². The molecule has 33 heavy (non-hydrogen) atoms. The molecule has 2 N–H and O–H groups in total. The summed E-state index contributed by atoms with van der Waals surface area (Å²) in [5.41, 5.74) is 7.00. The summed E-state index contributed by atoms with van der Waals surface area (Å²) >= 11 is 0. The van der Waals surface area contributed by atoms with Crippen molar-refractivity contribution in [2.24, 2.45) is 0 Å². The minimum Gasteiger partial charge on any atom is -0.489 e. The number of esters is 1. The lowest BCUT2D eigenvalue weighted by molar-refractivity contribution is -0.154. The van der Waals surface area contributed by atoms with Crippen molar-refractivity contribution in [3.63, 3.8) is 0 Å². The average Bonchev–Trinajstić information content (AvgIpc) is 3.33. The van der Waals surface area contributed by atoms with Crippen molar-refractivity contribution >= 4 is 11.9 Å². The highest BCUT2D eigenvalue weighted by molar-refractivity contribution is 5.76. The van der Waals surface area contributed by atoms with Gasteiger partial charge in [0.2, 0.25) is 0 Å². The van der Waals surface area contributed by atoms with Gasteiger partial charge in [0.15, 0.2) is 0 Å². The van der Waals surface area contributed by atoms with Crippen molar-refractivity contribution in [2.45, 2.75) is 51.6 Å². The van der Waals surface area contributed by atoms with Gasteiger partial charge in [-0.1, -0.05) is 49.4 Å². The molecular weight excluding hydrogens is 420 g/mol. The number of aryl methyl sites for hydroxylation is 3. The van der Waals surface area contributed by atoms with E-state index in [-0.39, 0.29) is 19.4 Å². The molecule has 178 valence electrons. The lowest BCUT2D eigenvalue weighted by Crippen LogP contribution is -2.42. The summed E-state index contributed by atoms with van der Waals surface area (Å²) < 4.78 is 11.7. The summed E-state index contributed by atoms with van der Waals surface area (Å²) in [5.74, 6) is -0.751. The van der Waals surface area contributed by atoms with Crippen LogP contribution in [0, 0.1) is 0 Å². The number of carbonyl (C=O) groups is 2. The van der Waals surface area contributed by atoms with Crippen molar-refractivity contribution in [3.05, 3.63) is 65.2 Å². The molecule has 1 fully saturated rings. The van der Waals surface area contributed by atoms with Gasteiger partial charge in [-0.15, -0.1) is 0 Å². The molecule has 1 atom stereocenters. The van der Waals surface area contributed by atoms with Crippen molar-refractivity contribution in [1.82, 2.24) is 10.4 Å². The number of carbonyl (C=O) groups excluding carboxylic acids is 1. The highest BCUT2D eigenvalue weighted by Gasteiger charge is 2.22. The van der Waals surface area contributed by atoms with E-state index in [1.165, 1.54) is 11.1 Å². The third kappa shape index (κ3) is 8.51. The minimum atomic E-state index is -1.01. The Morgan fingerprint density at radius 3 is 2.67 bits per heavy atom. The normalized spacial score (nSPS) is 14.7. The first kappa shape index (κ1) is 24.7. The van der Waals surface area contributed by atoms with E-state index in [0.29, 0.717) is 6.54 Å². The maximum atomic E-state index is 12.1. The number of para-hydroxylation sites is 1. The van der Waals surface area contributed by atoms with Crippen LogP contribution >= 0.6 is 0 Å². The number of carboxylic acids is 1. The number of rotatable bonds is 13. The number of aliphatic carboxylic acids is 1. The van der Waals surface area contributed by atoms with E-state index < -0.39 is 18.0 Å². The van der Waals surface area contributed by atoms with Crippen LogP contribution in [0.25, 0.3) is 0 Å². The van der Waals surface area contributed by atoms with Gasteiger partial charge >= 0.3 is 11.9 Å². The van der Waals surface area contributed by atoms with Crippen LogP contribution in [0.1, 0.15) is 42.9 Å². The van der Waals surface area contributed by atoms with Gasteiger partial charge in [-0.05, 0) is 48.4 Å². The number of hydrogen-bond acceptors (Lipinski definition) is 6. The Hall–Kier alpha value is -2.90. The molecule has 1 unspecified atom stereocenters. The average molecular weight is 455 g/mol. The number of ether oxygens (including phenoxy) is 2. The minimum absolute atomic E-state index is 0.146. The third-order valence-electron chi connectivity index (χ3n) is 5.69. The number of hydrogen-bond donors (Lipinski definition) is 2. The molecule has 0 aliphatic carbocycles. The Morgan fingerprint density at radius 1 is 1.09 bits per heavy atom. The van der Waals surface area contributed by atoms with E-state index in [1.54, 1.807) is 0 Å². The number of hydrazine groups is 1. The first-order valence-corrected chi connectivity index (χ1v) is 11.7. The van der Waals surface area contributed by atoms with E-state index >= 15 is 0 Å². The molecule has 1 aliphatic rings. The van der Waals surface area contributed by atoms with Gasteiger partial charge in [0.05, 0.1) is 19.4 Å². The largest absolute Gasteiger partial charge is 0.489 e. The lowest BCUT2D eigenvalue weighted by Gasteiger charge is -2.24. The quantitative estimate of drug-likeness (QED) is 0.449. The van der Waals surface area contributed by atoms with Crippen molar-refractivity contribution in [2.75, 3.05) is 26.2 Å². The van der Waals surface area contributed by atoms with E-state index in [4.69, 9.17) is 14.6 Å². The maximum Gasteiger partial charge on any atom is 0.306 e. The van der Waals surface area contributed by atoms with E-state index in [2.05, 4.69) is 42.7 Å². The van der Waals surface area contributed by atoms with Gasteiger partial charge in [0, 0.05) is 13.1 Å². The van der Waals surface area contributed by atoms with E-state index in [1.807, 2.05) is 23.2 Å². The number of benzene rings is 2. The zero-order chi connectivity index (χ0) is 23.5. The second kappa shape index (κ2) is 13.0. The fourth-order valence-electron chi connectivity index (χ4n) is 3.88. The first-order valence-electron chi connectivity index (χ1n) is 11.7. The monoisotopic (exact) mass is 454 g/mol. The number of nitrogens with zero attached hydrogens (tertiary/aromatic N) is 1. The molecule has 0 aromatic heterocycles. The second-order valence-corrected chi connectivity index (χ2v) is 8.31. The van der Waals surface area contributed by atoms with Crippen LogP contribution in [-0.2, 0) is 33.6 Å². The summed E-state index contributed by atoms with van der Waals surface area (Å²) in [5, 5.41) is 10.8. The molecule has 2 aromatic rings. The molecule has 0 amide bonds. The van der Waals surface area contributed by atoms with Crippen LogP contribution in [0.4, 0.5) is 0 Å². The summed E-state index contributed by atoms with van der Waals surface area (Å²) in [7, 11) is 0. The number of nitrogens with one attached hydrogen (secondary N) is 1. The molecule has 2 aromatic carbocycles. The maximum absolute atomic E-state index is 12.1. The second-order valence-electron chi connectivity index (χ2n) is 8.31. The summed E-state index contributed by atoms with van der Waals surface area (Å²) in [6.07, 6.45) is 2.93. The molecule has 0 radical (unpaired) electrons. The van der Waals surface area contributed by atoms with Crippen LogP contribution in [0.2, 0.25) is 0 Å². The van der Waals surface area contributed by atoms with Crippen LogP contribution in [-0.4, -0.2) is 54.4 Å². The van der Waals surface area contributed by atoms with Gasteiger partial charge in [0.25, 0.3) is 0 Å². The molecular formula is C26H34N2O5. The molecule has 1 saturated heterocycles. The topological polar surface area (TPSA) is 88.1 Å². The molecule has 0 bridgehead atoms. The smallest absolute Gasteiger partial charge is 0.306 e. The zero-order valence-corrected chi connectivity index (χ0v) is 19.3. The zero-order valence-electron chi connectivity index (χ0n) is 19.3. The molecule has 0 spiro atoms. The summed E-state index contributed by atoms with van der Waals surface area (Å²) in [4.78, 5) is 22.9. The summed E-state index contributed by atoms with van der Waals surface area (Å²) in [6.45, 7) is 4.62. The van der Waals surface area contributed by atoms with Gasteiger partial charge < -0.3 is 14.6 Å². The Bertz CT molecular complexity index is 911. The molecule has 3 rings (SSSR count). The SMILES string of the molecule is CCc1cccc(CCc2ccccc2OCC(CN2CCCN2)OC(=O)CCC(=O)O)c1. The Kier molecular flexibility index (Phi) is 9.72. The first-order chi connectivity index (χ1) is 16.0. The van der Waals surface area contributed by atoms with Crippen LogP contribution in [0.15, 0.2) is 48.5 Å². The third-order valence-corrected chi connectivity index (χ3v) is 5.69. The fourth-order valence-corrected chi connectivity index (χ4v) is 3.88. The van der Waals surface area contributed by atoms with Crippen molar-refractivity contribution in [1.29, 1.82) is 0 Å². The van der Waals surface area contributed by atoms with Crippen molar-refractivity contribution < 1.29 is 24.2 Å². The van der Waals surface area contributed by atoms with Gasteiger partial charge in [-0.2, -0.15) is 0 Å². The highest BCUT2D eigenvalue weighted by Crippen LogP contribution is 2.21. The fraction of sp³-hybridized carbons (Fsp3) is 0.462. The molecule has 7 heteroatoms. The highest BCUT2D eigenvalue weighted by atomic mass is 16.6. The van der Waals surface area contributed by atoms with Gasteiger partial charge in [0.1, 0.15) is 18.5 Å². The molecule has 1 aliphatic heterocycles. The van der Waals surface area contributed by atoms with Crippen molar-refractivity contribution in [3.8, 4) is 5.75 Å². The Balaban J connectivity index is 1.60. The van der Waals surface area contributed by atoms with E-state index in [0.717, 1.165) is 50.1 Å². The Morgan fingerprint density at radius 2 is 1.91 bits per heavy atom. The predicted molar refractivity (Wildman–Crippen MR) is 126 cm³/mol. The van der Waals surface area contributed by atoms with E-state index in [9.17, 15) is 9.59 Å². The van der Waals surface area contributed by atoms with Gasteiger partial charge in [-0.3, -0.25) is 15.0 Å². The van der Waals surface area contributed by atoms with Gasteiger partial charge in [-0.25, -0.2) is 5.01 Å². The van der Waals surface area contributed by atoms with Crippen LogP contribution < -0.4 is 10.2 Å². The lowest BCUT2D eigenvalue weighted by atomic mass is 10.0. The molecule has 0 saturated carbocycles. The standard InChI is InChI=1S/C26H34N2O5/c1-2-20-7-5-8-21(17-20)11-12-22-9-3-4-10-24(22)32-19-23(18-28-16-6-15-27-28)33-26(31)14-13-25(29)30/h3-5,7-10,17,23,27H,2,6,11-16,18-19H2,1H3,(H,29,30).